The molecule has 0 radical (unpaired) electrons. The fourth-order valence-electron chi connectivity index (χ4n) is 3.89. The Bertz CT molecular complexity index is 1140. The SMILES string of the molecule is O=C(C1CCCN(S(=O)(=O)c2ccc(F)cc2)C1)N(Cc1cccnc1)Cc1ccco1. The minimum absolute atomic E-state index is 0.0230. The molecule has 0 spiro atoms. The van der Waals surface area contributed by atoms with Crippen LogP contribution in [0.5, 0.6) is 0 Å². The minimum Gasteiger partial charge on any atom is -0.467 e. The van der Waals surface area contributed by atoms with E-state index in [-0.39, 0.29) is 23.9 Å². The van der Waals surface area contributed by atoms with Gasteiger partial charge in [-0.3, -0.25) is 9.78 Å². The third kappa shape index (κ3) is 5.05. The van der Waals surface area contributed by atoms with Gasteiger partial charge in [-0.2, -0.15) is 4.31 Å². The van der Waals surface area contributed by atoms with Crippen LogP contribution in [0, 0.1) is 11.7 Å². The number of sulfonamides is 1. The van der Waals surface area contributed by atoms with E-state index in [0.29, 0.717) is 31.7 Å². The molecule has 9 heteroatoms. The summed E-state index contributed by atoms with van der Waals surface area (Å²) in [7, 11) is -3.81. The van der Waals surface area contributed by atoms with Crippen molar-refractivity contribution in [2.45, 2.75) is 30.8 Å². The molecule has 1 amide bonds. The van der Waals surface area contributed by atoms with Crippen molar-refractivity contribution in [1.29, 1.82) is 0 Å². The highest BCUT2D eigenvalue weighted by molar-refractivity contribution is 7.89. The zero-order chi connectivity index (χ0) is 22.6. The number of amides is 1. The second-order valence-corrected chi connectivity index (χ2v) is 9.73. The molecule has 3 heterocycles. The van der Waals surface area contributed by atoms with Crippen LogP contribution in [-0.2, 0) is 27.9 Å². The number of piperidine rings is 1. The normalized spacial score (nSPS) is 17.2. The highest BCUT2D eigenvalue weighted by atomic mass is 32.2. The lowest BCUT2D eigenvalue weighted by Crippen LogP contribution is -2.46. The molecule has 168 valence electrons. The van der Waals surface area contributed by atoms with Gasteiger partial charge in [0.2, 0.25) is 15.9 Å². The van der Waals surface area contributed by atoms with Gasteiger partial charge in [0.05, 0.1) is 23.6 Å². The van der Waals surface area contributed by atoms with Crippen LogP contribution in [0.1, 0.15) is 24.2 Å². The van der Waals surface area contributed by atoms with E-state index in [0.717, 1.165) is 17.7 Å². The summed E-state index contributed by atoms with van der Waals surface area (Å²) >= 11 is 0. The third-order valence-electron chi connectivity index (χ3n) is 5.52. The van der Waals surface area contributed by atoms with E-state index in [1.54, 1.807) is 35.7 Å². The summed E-state index contributed by atoms with van der Waals surface area (Å²) in [6.07, 6.45) is 6.09. The number of hydrogen-bond donors (Lipinski definition) is 0. The number of halogens is 1. The molecule has 0 bridgehead atoms. The number of hydrogen-bond acceptors (Lipinski definition) is 5. The zero-order valence-electron chi connectivity index (χ0n) is 17.4. The number of rotatable bonds is 7. The molecule has 32 heavy (non-hydrogen) atoms. The molecule has 0 aliphatic carbocycles. The summed E-state index contributed by atoms with van der Waals surface area (Å²) in [5.41, 5.74) is 0.874. The number of pyridine rings is 1. The van der Waals surface area contributed by atoms with Gasteiger partial charge >= 0.3 is 0 Å². The smallest absolute Gasteiger partial charge is 0.243 e. The Labute approximate surface area is 186 Å². The van der Waals surface area contributed by atoms with Crippen LogP contribution in [-0.4, -0.2) is 41.6 Å². The molecular formula is C23H24FN3O4S. The van der Waals surface area contributed by atoms with Gasteiger partial charge < -0.3 is 9.32 Å². The molecule has 1 aliphatic rings. The van der Waals surface area contributed by atoms with Gasteiger partial charge in [-0.15, -0.1) is 0 Å². The molecule has 0 saturated carbocycles. The largest absolute Gasteiger partial charge is 0.467 e. The van der Waals surface area contributed by atoms with Gasteiger partial charge in [0, 0.05) is 32.0 Å². The first-order valence-electron chi connectivity index (χ1n) is 10.4. The van der Waals surface area contributed by atoms with E-state index >= 15 is 0 Å². The topological polar surface area (TPSA) is 83.7 Å². The Balaban J connectivity index is 1.53. The Hall–Kier alpha value is -3.04. The number of furan rings is 1. The van der Waals surface area contributed by atoms with Crippen molar-refractivity contribution in [2.75, 3.05) is 13.1 Å². The van der Waals surface area contributed by atoms with Crippen molar-refractivity contribution < 1.29 is 22.0 Å². The van der Waals surface area contributed by atoms with Crippen LogP contribution in [0.2, 0.25) is 0 Å². The highest BCUT2D eigenvalue weighted by Gasteiger charge is 2.35. The van der Waals surface area contributed by atoms with Crippen molar-refractivity contribution in [3.63, 3.8) is 0 Å². The van der Waals surface area contributed by atoms with E-state index in [1.807, 2.05) is 12.1 Å². The number of carbonyl (C=O) groups is 1. The lowest BCUT2D eigenvalue weighted by atomic mass is 9.97. The first-order chi connectivity index (χ1) is 15.4. The van der Waals surface area contributed by atoms with Gasteiger partial charge in [0.15, 0.2) is 0 Å². The predicted molar refractivity (Wildman–Crippen MR) is 115 cm³/mol. The fourth-order valence-corrected chi connectivity index (χ4v) is 5.41. The number of nitrogens with zero attached hydrogens (tertiary/aromatic N) is 3. The minimum atomic E-state index is -3.81. The lowest BCUT2D eigenvalue weighted by molar-refractivity contribution is -0.138. The monoisotopic (exact) mass is 457 g/mol. The molecule has 1 aromatic carbocycles. The average molecular weight is 458 g/mol. The Morgan fingerprint density at radius 1 is 1.16 bits per heavy atom. The second-order valence-electron chi connectivity index (χ2n) is 7.79. The maximum Gasteiger partial charge on any atom is 0.243 e. The van der Waals surface area contributed by atoms with Crippen LogP contribution in [0.3, 0.4) is 0 Å². The van der Waals surface area contributed by atoms with Gasteiger partial charge in [0.1, 0.15) is 11.6 Å². The molecule has 0 N–H and O–H groups in total. The summed E-state index contributed by atoms with van der Waals surface area (Å²) in [6, 6.07) is 12.0. The highest BCUT2D eigenvalue weighted by Crippen LogP contribution is 2.26. The lowest BCUT2D eigenvalue weighted by Gasteiger charge is -2.34. The molecule has 3 aromatic rings. The predicted octanol–water partition coefficient (Wildman–Crippen LogP) is 3.44. The molecule has 2 aromatic heterocycles. The summed E-state index contributed by atoms with van der Waals surface area (Å²) in [6.45, 7) is 1.03. The summed E-state index contributed by atoms with van der Waals surface area (Å²) < 4.78 is 46.1. The molecule has 7 nitrogen and oxygen atoms in total. The summed E-state index contributed by atoms with van der Waals surface area (Å²) in [5.74, 6) is -0.469. The van der Waals surface area contributed by atoms with E-state index < -0.39 is 21.8 Å². The van der Waals surface area contributed by atoms with Crippen molar-refractivity contribution >= 4 is 15.9 Å². The van der Waals surface area contributed by atoms with Gasteiger partial charge in [0.25, 0.3) is 0 Å². The molecule has 1 saturated heterocycles. The Kier molecular flexibility index (Phi) is 6.66. The van der Waals surface area contributed by atoms with Crippen molar-refractivity contribution in [3.05, 3.63) is 84.3 Å². The van der Waals surface area contributed by atoms with Gasteiger partial charge in [-0.1, -0.05) is 6.07 Å². The average Bonchev–Trinajstić information content (AvgIpc) is 3.32. The molecule has 1 atom stereocenters. The van der Waals surface area contributed by atoms with Gasteiger partial charge in [-0.05, 0) is 60.9 Å². The van der Waals surface area contributed by atoms with E-state index in [1.165, 1.54) is 16.4 Å². The van der Waals surface area contributed by atoms with Crippen molar-refractivity contribution in [2.24, 2.45) is 5.92 Å². The quantitative estimate of drug-likeness (QED) is 0.543. The van der Waals surface area contributed by atoms with Crippen LogP contribution in [0.25, 0.3) is 0 Å². The van der Waals surface area contributed by atoms with Gasteiger partial charge in [-0.25, -0.2) is 12.8 Å². The maximum atomic E-state index is 13.5. The Morgan fingerprint density at radius 2 is 1.97 bits per heavy atom. The van der Waals surface area contributed by atoms with Crippen LogP contribution in [0.4, 0.5) is 4.39 Å². The van der Waals surface area contributed by atoms with Crippen molar-refractivity contribution in [1.82, 2.24) is 14.2 Å². The first kappa shape index (κ1) is 22.2. The fraction of sp³-hybridized carbons (Fsp3) is 0.304. The number of carbonyl (C=O) groups excluding carboxylic acids is 1. The molecule has 1 fully saturated rings. The summed E-state index contributed by atoms with van der Waals surface area (Å²) in [5, 5.41) is 0. The molecule has 1 unspecified atom stereocenters. The van der Waals surface area contributed by atoms with E-state index in [9.17, 15) is 17.6 Å². The van der Waals surface area contributed by atoms with Crippen LogP contribution < -0.4 is 0 Å². The first-order valence-corrected chi connectivity index (χ1v) is 11.8. The number of benzene rings is 1. The standard InChI is InChI=1S/C23H24FN3O4S/c24-20-7-9-22(10-8-20)32(29,30)27-12-2-5-19(16-27)23(28)26(17-21-6-3-13-31-21)15-18-4-1-11-25-14-18/h1,3-4,6-11,13-14,19H,2,5,12,15-17H2. The molecule has 1 aliphatic heterocycles. The Morgan fingerprint density at radius 3 is 2.66 bits per heavy atom. The second kappa shape index (κ2) is 9.62. The van der Waals surface area contributed by atoms with Crippen LogP contribution in [0.15, 0.2) is 76.5 Å². The maximum absolute atomic E-state index is 13.5. The molecular weight excluding hydrogens is 433 g/mol. The molecule has 4 rings (SSSR count). The van der Waals surface area contributed by atoms with E-state index in [2.05, 4.69) is 4.98 Å². The van der Waals surface area contributed by atoms with Crippen LogP contribution >= 0.6 is 0 Å². The summed E-state index contributed by atoms with van der Waals surface area (Å²) in [4.78, 5) is 19.3. The third-order valence-corrected chi connectivity index (χ3v) is 7.40. The number of aromatic nitrogens is 1. The zero-order valence-corrected chi connectivity index (χ0v) is 18.2. The van der Waals surface area contributed by atoms with E-state index in [4.69, 9.17) is 4.42 Å². The van der Waals surface area contributed by atoms with Crippen molar-refractivity contribution in [3.8, 4) is 0 Å².